The van der Waals surface area contributed by atoms with Crippen molar-refractivity contribution in [1.29, 1.82) is 0 Å². The van der Waals surface area contributed by atoms with Crippen LogP contribution in [0.4, 0.5) is 5.69 Å². The second-order valence-electron chi connectivity index (χ2n) is 7.70. The van der Waals surface area contributed by atoms with Gasteiger partial charge < -0.3 is 5.32 Å². The number of anilines is 1. The van der Waals surface area contributed by atoms with Crippen LogP contribution in [0.1, 0.15) is 62.3 Å². The van der Waals surface area contributed by atoms with E-state index in [0.29, 0.717) is 5.92 Å². The standard InChI is InChI=1S/C26H31N/c1-8-10-23-19(6)20(7)27-24-14-11-17(4)25(26(23)24)21-12-13-22(16(3)9-2)18(5)15-21/h8,10-16,27H,7,9H2,1-6H3/b10-8-. The van der Waals surface area contributed by atoms with Gasteiger partial charge in [0.1, 0.15) is 0 Å². The number of fused-ring (bicyclic) bond motifs is 1. The van der Waals surface area contributed by atoms with E-state index in [2.05, 4.69) is 95.9 Å². The first kappa shape index (κ1) is 19.2. The highest BCUT2D eigenvalue weighted by atomic mass is 14.9. The summed E-state index contributed by atoms with van der Waals surface area (Å²) in [6.07, 6.45) is 5.49. The zero-order chi connectivity index (χ0) is 19.7. The summed E-state index contributed by atoms with van der Waals surface area (Å²) in [6, 6.07) is 11.4. The van der Waals surface area contributed by atoms with Gasteiger partial charge >= 0.3 is 0 Å². The Morgan fingerprint density at radius 3 is 2.41 bits per heavy atom. The van der Waals surface area contributed by atoms with Gasteiger partial charge in [0.25, 0.3) is 0 Å². The molecule has 0 bridgehead atoms. The molecule has 3 rings (SSSR count). The first-order chi connectivity index (χ1) is 12.9. The maximum Gasteiger partial charge on any atom is 0.0470 e. The van der Waals surface area contributed by atoms with Gasteiger partial charge in [0, 0.05) is 16.9 Å². The van der Waals surface area contributed by atoms with Crippen molar-refractivity contribution < 1.29 is 0 Å². The molecule has 1 nitrogen and oxygen atoms in total. The number of allylic oxidation sites excluding steroid dienone is 4. The zero-order valence-corrected chi connectivity index (χ0v) is 17.5. The van der Waals surface area contributed by atoms with Gasteiger partial charge in [0.15, 0.2) is 0 Å². The molecule has 2 aromatic carbocycles. The first-order valence-electron chi connectivity index (χ1n) is 9.93. The van der Waals surface area contributed by atoms with Crippen molar-refractivity contribution in [1.82, 2.24) is 0 Å². The molecule has 0 amide bonds. The summed E-state index contributed by atoms with van der Waals surface area (Å²) >= 11 is 0. The molecule has 0 radical (unpaired) electrons. The highest BCUT2D eigenvalue weighted by Crippen LogP contribution is 2.44. The topological polar surface area (TPSA) is 12.0 Å². The molecule has 0 saturated carbocycles. The first-order valence-corrected chi connectivity index (χ1v) is 9.93. The fraction of sp³-hybridized carbons (Fsp3) is 0.308. The van der Waals surface area contributed by atoms with E-state index >= 15 is 0 Å². The third-order valence-electron chi connectivity index (χ3n) is 5.86. The Bertz CT molecular complexity index is 956. The summed E-state index contributed by atoms with van der Waals surface area (Å²) in [4.78, 5) is 0. The van der Waals surface area contributed by atoms with Crippen LogP contribution in [-0.4, -0.2) is 0 Å². The van der Waals surface area contributed by atoms with Crippen LogP contribution in [0.3, 0.4) is 0 Å². The van der Waals surface area contributed by atoms with Gasteiger partial charge in [0.05, 0.1) is 0 Å². The number of hydrogen-bond acceptors (Lipinski definition) is 1. The van der Waals surface area contributed by atoms with Crippen LogP contribution in [0.25, 0.3) is 16.7 Å². The van der Waals surface area contributed by atoms with Crippen LogP contribution in [0.15, 0.2) is 60.3 Å². The maximum atomic E-state index is 4.20. The number of hydrogen-bond donors (Lipinski definition) is 1. The molecule has 1 heterocycles. The predicted octanol–water partition coefficient (Wildman–Crippen LogP) is 7.77. The summed E-state index contributed by atoms with van der Waals surface area (Å²) in [7, 11) is 0. The molecular formula is C26H31N. The van der Waals surface area contributed by atoms with Gasteiger partial charge in [-0.25, -0.2) is 0 Å². The Balaban J connectivity index is 2.27. The fourth-order valence-electron chi connectivity index (χ4n) is 4.05. The van der Waals surface area contributed by atoms with Crippen LogP contribution in [-0.2, 0) is 0 Å². The molecule has 2 aromatic rings. The van der Waals surface area contributed by atoms with Crippen molar-refractivity contribution in [3.63, 3.8) is 0 Å². The fourth-order valence-corrected chi connectivity index (χ4v) is 4.05. The molecule has 0 spiro atoms. The maximum absolute atomic E-state index is 4.20. The van der Waals surface area contributed by atoms with Crippen LogP contribution in [0.5, 0.6) is 0 Å². The van der Waals surface area contributed by atoms with Crippen molar-refractivity contribution in [3.8, 4) is 11.1 Å². The Morgan fingerprint density at radius 2 is 1.78 bits per heavy atom. The van der Waals surface area contributed by atoms with Crippen LogP contribution in [0, 0.1) is 13.8 Å². The lowest BCUT2D eigenvalue weighted by atomic mass is 9.83. The molecule has 1 atom stereocenters. The van der Waals surface area contributed by atoms with E-state index in [1.54, 1.807) is 0 Å². The highest BCUT2D eigenvalue weighted by molar-refractivity contribution is 5.98. The van der Waals surface area contributed by atoms with Gasteiger partial charge in [-0.15, -0.1) is 0 Å². The summed E-state index contributed by atoms with van der Waals surface area (Å²) in [5.74, 6) is 0.593. The lowest BCUT2D eigenvalue weighted by Gasteiger charge is -2.27. The minimum atomic E-state index is 0.593. The molecule has 27 heavy (non-hydrogen) atoms. The van der Waals surface area contributed by atoms with Crippen molar-refractivity contribution in [2.45, 2.75) is 53.9 Å². The Morgan fingerprint density at radius 1 is 1.04 bits per heavy atom. The minimum Gasteiger partial charge on any atom is -0.355 e. The Hall–Kier alpha value is -2.54. The monoisotopic (exact) mass is 357 g/mol. The average molecular weight is 358 g/mol. The van der Waals surface area contributed by atoms with Gasteiger partial charge in [-0.05, 0) is 85.1 Å². The average Bonchev–Trinajstić information content (AvgIpc) is 2.65. The quantitative estimate of drug-likeness (QED) is 0.589. The highest BCUT2D eigenvalue weighted by Gasteiger charge is 2.22. The molecule has 1 N–H and O–H groups in total. The Kier molecular flexibility index (Phi) is 5.41. The molecule has 1 heteroatoms. The summed E-state index contributed by atoms with van der Waals surface area (Å²) in [6.45, 7) is 17.4. The van der Waals surface area contributed by atoms with E-state index in [1.807, 2.05) is 0 Å². The summed E-state index contributed by atoms with van der Waals surface area (Å²) < 4.78 is 0. The molecule has 1 unspecified atom stereocenters. The van der Waals surface area contributed by atoms with E-state index in [9.17, 15) is 0 Å². The second-order valence-corrected chi connectivity index (χ2v) is 7.70. The van der Waals surface area contributed by atoms with Crippen LogP contribution < -0.4 is 5.32 Å². The normalized spacial score (nSPS) is 15.1. The zero-order valence-electron chi connectivity index (χ0n) is 17.5. The smallest absolute Gasteiger partial charge is 0.0470 e. The van der Waals surface area contributed by atoms with E-state index in [1.165, 1.54) is 50.9 Å². The molecular weight excluding hydrogens is 326 g/mol. The lowest BCUT2D eigenvalue weighted by molar-refractivity contribution is 0.728. The Labute approximate surface area is 164 Å². The molecule has 140 valence electrons. The van der Waals surface area contributed by atoms with Gasteiger partial charge in [-0.3, -0.25) is 0 Å². The second kappa shape index (κ2) is 7.60. The third-order valence-corrected chi connectivity index (χ3v) is 5.86. The van der Waals surface area contributed by atoms with Crippen LogP contribution in [0.2, 0.25) is 0 Å². The summed E-state index contributed by atoms with van der Waals surface area (Å²) in [5.41, 5.74) is 12.6. The van der Waals surface area contributed by atoms with Crippen molar-refractivity contribution >= 4 is 11.3 Å². The molecule has 0 saturated heterocycles. The number of aryl methyl sites for hydroxylation is 2. The van der Waals surface area contributed by atoms with Crippen molar-refractivity contribution in [2.75, 3.05) is 5.32 Å². The predicted molar refractivity (Wildman–Crippen MR) is 120 cm³/mol. The largest absolute Gasteiger partial charge is 0.355 e. The van der Waals surface area contributed by atoms with Crippen molar-refractivity contribution in [2.24, 2.45) is 0 Å². The van der Waals surface area contributed by atoms with Crippen molar-refractivity contribution in [3.05, 3.63) is 82.6 Å². The number of rotatable bonds is 4. The van der Waals surface area contributed by atoms with E-state index < -0.39 is 0 Å². The van der Waals surface area contributed by atoms with E-state index in [-0.39, 0.29) is 0 Å². The van der Waals surface area contributed by atoms with E-state index in [0.717, 1.165) is 11.4 Å². The van der Waals surface area contributed by atoms with Gasteiger partial charge in [0.2, 0.25) is 0 Å². The number of benzene rings is 2. The van der Waals surface area contributed by atoms with Gasteiger partial charge in [-0.2, -0.15) is 0 Å². The molecule has 0 aromatic heterocycles. The van der Waals surface area contributed by atoms with Crippen LogP contribution >= 0.6 is 0 Å². The molecule has 0 aliphatic carbocycles. The summed E-state index contributed by atoms with van der Waals surface area (Å²) in [5, 5.41) is 3.50. The van der Waals surface area contributed by atoms with Gasteiger partial charge in [-0.1, -0.05) is 56.8 Å². The third kappa shape index (κ3) is 3.39. The SMILES string of the molecule is C=C1Nc2ccc(C)c(-c3ccc(C(C)CC)c(C)c3)c2C(/C=C\C)=C1C. The minimum absolute atomic E-state index is 0.593. The molecule has 1 aliphatic rings. The molecule has 0 fully saturated rings. The van der Waals surface area contributed by atoms with E-state index in [4.69, 9.17) is 0 Å². The molecule has 1 aliphatic heterocycles. The number of nitrogens with one attached hydrogen (secondary N) is 1. The lowest BCUT2D eigenvalue weighted by Crippen LogP contribution is -2.11.